The molecule has 0 saturated heterocycles. The first-order valence-electron chi connectivity index (χ1n) is 8.75. The van der Waals surface area contributed by atoms with Crippen LogP contribution in [0.5, 0.6) is 0 Å². The topological polar surface area (TPSA) is 76.9 Å². The Hall–Kier alpha value is -2.29. The molecular weight excluding hydrogens is 428 g/mol. The molecule has 2 aromatic carbocycles. The monoisotopic (exact) mass is 446 g/mol. The van der Waals surface area contributed by atoms with Gasteiger partial charge in [-0.15, -0.1) is 22.0 Å². The zero-order valence-electron chi connectivity index (χ0n) is 15.7. The minimum Gasteiger partial charge on any atom is -0.325 e. The lowest BCUT2D eigenvalue weighted by molar-refractivity contribution is -0.113. The van der Waals surface area contributed by atoms with Crippen LogP contribution in [0.1, 0.15) is 16.2 Å². The van der Waals surface area contributed by atoms with Gasteiger partial charge in [0.2, 0.25) is 5.91 Å². The highest BCUT2D eigenvalue weighted by molar-refractivity contribution is 8.00. The lowest BCUT2D eigenvalue weighted by atomic mass is 10.1. The van der Waals surface area contributed by atoms with E-state index in [1.807, 2.05) is 41.9 Å². The maximum Gasteiger partial charge on any atom is 0.234 e. The van der Waals surface area contributed by atoms with E-state index in [4.69, 9.17) is 11.6 Å². The Labute approximate surface area is 182 Å². The molecule has 150 valence electrons. The average molecular weight is 447 g/mol. The van der Waals surface area contributed by atoms with E-state index in [-0.39, 0.29) is 17.4 Å². The van der Waals surface area contributed by atoms with Gasteiger partial charge in [-0.25, -0.2) is 0 Å². The van der Waals surface area contributed by atoms with Crippen LogP contribution in [0.15, 0.2) is 59.8 Å². The van der Waals surface area contributed by atoms with Crippen molar-refractivity contribution < 1.29 is 9.59 Å². The van der Waals surface area contributed by atoms with Crippen molar-refractivity contribution in [3.05, 3.63) is 71.0 Å². The summed E-state index contributed by atoms with van der Waals surface area (Å²) in [5, 5.41) is 12.4. The normalized spacial score (nSPS) is 10.7. The molecule has 0 aliphatic heterocycles. The zero-order chi connectivity index (χ0) is 20.6. The maximum absolute atomic E-state index is 12.3. The number of nitrogens with one attached hydrogen (secondary N) is 1. The summed E-state index contributed by atoms with van der Waals surface area (Å²) in [7, 11) is 1.86. The molecule has 0 atom stereocenters. The minimum absolute atomic E-state index is 0.00294. The summed E-state index contributed by atoms with van der Waals surface area (Å²) in [4.78, 5) is 24.3. The van der Waals surface area contributed by atoms with E-state index in [0.717, 1.165) is 11.5 Å². The van der Waals surface area contributed by atoms with Crippen LogP contribution in [0.3, 0.4) is 0 Å². The summed E-state index contributed by atoms with van der Waals surface area (Å²) in [6.07, 6.45) is 0. The molecule has 0 spiro atoms. The molecule has 0 saturated carbocycles. The molecule has 1 N–H and O–H groups in total. The molecule has 3 aromatic rings. The molecule has 3 rings (SSSR count). The predicted molar refractivity (Wildman–Crippen MR) is 119 cm³/mol. The van der Waals surface area contributed by atoms with Crippen molar-refractivity contribution in [2.45, 2.75) is 10.9 Å². The molecule has 0 fully saturated rings. The minimum atomic E-state index is -0.0634. The Morgan fingerprint density at radius 1 is 1.03 bits per heavy atom. The molecule has 0 aliphatic carbocycles. The lowest BCUT2D eigenvalue weighted by Crippen LogP contribution is -2.14. The van der Waals surface area contributed by atoms with Gasteiger partial charge in [-0.1, -0.05) is 41.6 Å². The van der Waals surface area contributed by atoms with Crippen LogP contribution < -0.4 is 5.32 Å². The Balaban J connectivity index is 1.46. The van der Waals surface area contributed by atoms with Crippen molar-refractivity contribution in [2.24, 2.45) is 7.05 Å². The summed E-state index contributed by atoms with van der Waals surface area (Å²) in [6.45, 7) is 0. The number of thioether (sulfide) groups is 2. The number of ketones is 1. The van der Waals surface area contributed by atoms with Crippen LogP contribution >= 0.6 is 35.1 Å². The van der Waals surface area contributed by atoms with E-state index in [0.29, 0.717) is 27.2 Å². The van der Waals surface area contributed by atoms with Crippen LogP contribution in [0, 0.1) is 0 Å². The molecule has 1 heterocycles. The summed E-state index contributed by atoms with van der Waals surface area (Å²) < 4.78 is 1.85. The number of halogens is 1. The number of nitrogens with zero attached hydrogens (tertiary/aromatic N) is 3. The highest BCUT2D eigenvalue weighted by atomic mass is 35.5. The van der Waals surface area contributed by atoms with Gasteiger partial charge in [-0.3, -0.25) is 9.59 Å². The standard InChI is InChI=1S/C20H19ClN4O2S2/c1-25-18(12-28-13-19(27)22-16-5-3-2-4-6-16)23-24-20(25)29-11-17(26)14-7-9-15(21)10-8-14/h2-10H,11-13H2,1H3,(H,22,27). The first kappa shape index (κ1) is 21.4. The number of benzene rings is 2. The molecule has 0 radical (unpaired) electrons. The number of para-hydroxylation sites is 1. The Bertz CT molecular complexity index is 978. The van der Waals surface area contributed by atoms with E-state index in [2.05, 4.69) is 15.5 Å². The van der Waals surface area contributed by atoms with E-state index >= 15 is 0 Å². The van der Waals surface area contributed by atoms with Gasteiger partial charge in [0.1, 0.15) is 5.82 Å². The van der Waals surface area contributed by atoms with Crippen molar-refractivity contribution >= 4 is 52.5 Å². The first-order valence-corrected chi connectivity index (χ1v) is 11.3. The molecule has 9 heteroatoms. The van der Waals surface area contributed by atoms with Gasteiger partial charge in [0.05, 0.1) is 17.3 Å². The first-order chi connectivity index (χ1) is 14.0. The SMILES string of the molecule is Cn1c(CSCC(=O)Nc2ccccc2)nnc1SCC(=O)c1ccc(Cl)cc1. The Morgan fingerprint density at radius 2 is 1.76 bits per heavy atom. The number of hydrogen-bond acceptors (Lipinski definition) is 6. The number of hydrogen-bond donors (Lipinski definition) is 1. The quantitative estimate of drug-likeness (QED) is 0.389. The molecule has 0 aliphatic rings. The summed E-state index contributed by atoms with van der Waals surface area (Å²) in [5.41, 5.74) is 1.39. The van der Waals surface area contributed by atoms with Crippen LogP contribution in [0.4, 0.5) is 5.69 Å². The second kappa shape index (κ2) is 10.5. The molecule has 29 heavy (non-hydrogen) atoms. The van der Waals surface area contributed by atoms with Gasteiger partial charge < -0.3 is 9.88 Å². The number of aromatic nitrogens is 3. The van der Waals surface area contributed by atoms with E-state index < -0.39 is 0 Å². The molecule has 0 unspecified atom stereocenters. The number of anilines is 1. The summed E-state index contributed by atoms with van der Waals surface area (Å²) >= 11 is 8.64. The number of rotatable bonds is 9. The van der Waals surface area contributed by atoms with Gasteiger partial charge in [0.15, 0.2) is 10.9 Å². The fraction of sp³-hybridized carbons (Fsp3) is 0.200. The Morgan fingerprint density at radius 3 is 2.48 bits per heavy atom. The third-order valence-corrected chi connectivity index (χ3v) is 6.15. The largest absolute Gasteiger partial charge is 0.325 e. The van der Waals surface area contributed by atoms with Crippen molar-refractivity contribution in [1.82, 2.24) is 14.8 Å². The van der Waals surface area contributed by atoms with Gasteiger partial charge in [0.25, 0.3) is 0 Å². The van der Waals surface area contributed by atoms with Gasteiger partial charge >= 0.3 is 0 Å². The van der Waals surface area contributed by atoms with Gasteiger partial charge in [-0.2, -0.15) is 0 Å². The molecule has 6 nitrogen and oxygen atoms in total. The van der Waals surface area contributed by atoms with E-state index in [1.54, 1.807) is 24.3 Å². The number of amides is 1. The van der Waals surface area contributed by atoms with E-state index in [1.165, 1.54) is 23.5 Å². The second-order valence-electron chi connectivity index (χ2n) is 6.08. The molecular formula is C20H19ClN4O2S2. The summed E-state index contributed by atoms with van der Waals surface area (Å²) in [6, 6.07) is 16.2. The predicted octanol–water partition coefficient (Wildman–Crippen LogP) is 4.32. The third-order valence-electron chi connectivity index (χ3n) is 3.95. The molecule has 1 aromatic heterocycles. The van der Waals surface area contributed by atoms with Crippen molar-refractivity contribution in [2.75, 3.05) is 16.8 Å². The van der Waals surface area contributed by atoms with Crippen molar-refractivity contribution in [1.29, 1.82) is 0 Å². The second-order valence-corrected chi connectivity index (χ2v) is 8.45. The fourth-order valence-electron chi connectivity index (χ4n) is 2.40. The zero-order valence-corrected chi connectivity index (χ0v) is 18.1. The van der Waals surface area contributed by atoms with Gasteiger partial charge in [-0.05, 0) is 36.4 Å². The fourth-order valence-corrected chi connectivity index (χ4v) is 4.14. The number of carbonyl (C=O) groups excluding carboxylic acids is 2. The number of carbonyl (C=O) groups is 2. The smallest absolute Gasteiger partial charge is 0.234 e. The van der Waals surface area contributed by atoms with E-state index in [9.17, 15) is 9.59 Å². The van der Waals surface area contributed by atoms with Crippen molar-refractivity contribution in [3.8, 4) is 0 Å². The van der Waals surface area contributed by atoms with Crippen LogP contribution in [-0.4, -0.2) is 38.0 Å². The van der Waals surface area contributed by atoms with Crippen LogP contribution in [-0.2, 0) is 17.6 Å². The molecule has 0 bridgehead atoms. The van der Waals surface area contributed by atoms with Gasteiger partial charge in [0, 0.05) is 23.3 Å². The van der Waals surface area contributed by atoms with Crippen LogP contribution in [0.2, 0.25) is 5.02 Å². The summed E-state index contributed by atoms with van der Waals surface area (Å²) in [5.74, 6) is 1.83. The number of Topliss-reactive ketones (excluding diaryl/α,β-unsaturated/α-hetero) is 1. The highest BCUT2D eigenvalue weighted by Gasteiger charge is 2.13. The highest BCUT2D eigenvalue weighted by Crippen LogP contribution is 2.20. The lowest BCUT2D eigenvalue weighted by Gasteiger charge is -2.05. The average Bonchev–Trinajstić information content (AvgIpc) is 3.07. The maximum atomic E-state index is 12.3. The van der Waals surface area contributed by atoms with Crippen LogP contribution in [0.25, 0.3) is 0 Å². The molecule has 1 amide bonds. The third kappa shape index (κ3) is 6.35. The van der Waals surface area contributed by atoms with Crippen molar-refractivity contribution in [3.63, 3.8) is 0 Å². The Kier molecular flexibility index (Phi) is 7.74.